The van der Waals surface area contributed by atoms with E-state index in [0.717, 1.165) is 74.0 Å². The molecule has 0 amide bonds. The molecule has 8 saturated carbocycles. The molecule has 2 aromatic rings. The molecule has 0 aliphatic heterocycles. The summed E-state index contributed by atoms with van der Waals surface area (Å²) in [6, 6.07) is 8.90. The molecule has 232 valence electrons. The van der Waals surface area contributed by atoms with E-state index >= 15 is 0 Å². The lowest BCUT2D eigenvalue weighted by molar-refractivity contribution is -0.385. The fourth-order valence-electron chi connectivity index (χ4n) is 11.9. The average molecular weight is 601 g/mol. The minimum Gasteiger partial charge on any atom is -0.394 e. The lowest BCUT2D eigenvalue weighted by atomic mass is 9.48. The Bertz CT molecular complexity index is 1350. The van der Waals surface area contributed by atoms with Gasteiger partial charge in [0.1, 0.15) is 11.5 Å². The summed E-state index contributed by atoms with van der Waals surface area (Å²) in [5.41, 5.74) is 1.51. The van der Waals surface area contributed by atoms with Crippen LogP contribution in [0.15, 0.2) is 36.4 Å². The highest BCUT2D eigenvalue weighted by Gasteiger charge is 2.52. The number of nitrogens with zero attached hydrogens (tertiary/aromatic N) is 2. The maximum atomic E-state index is 13.3. The Balaban J connectivity index is 1.04. The molecule has 0 saturated heterocycles. The fraction of sp³-hybridized carbons (Fsp3) is 0.629. The van der Waals surface area contributed by atoms with Crippen molar-refractivity contribution in [2.24, 2.45) is 46.3 Å². The van der Waals surface area contributed by atoms with E-state index in [-0.39, 0.29) is 22.2 Å². The van der Waals surface area contributed by atoms with Crippen LogP contribution in [0.2, 0.25) is 0 Å². The Hall–Kier alpha value is -3.49. The highest BCUT2D eigenvalue weighted by molar-refractivity contribution is 5.69. The SMILES string of the molecule is O=C(Oc1ccc([N+](=O)[O-])cc1CC12CC3CC(CC(C3)C1)C2)Oc1ccc([N+](=O)[O-])cc1CC12CC3CC(CC(C3)C1)C2. The molecule has 0 atom stereocenters. The molecule has 8 aliphatic rings. The first kappa shape index (κ1) is 28.0. The van der Waals surface area contributed by atoms with Crippen molar-refractivity contribution in [3.63, 3.8) is 0 Å². The van der Waals surface area contributed by atoms with Crippen molar-refractivity contribution < 1.29 is 24.1 Å². The van der Waals surface area contributed by atoms with Crippen molar-refractivity contribution in [1.82, 2.24) is 0 Å². The van der Waals surface area contributed by atoms with E-state index in [4.69, 9.17) is 9.47 Å². The zero-order valence-electron chi connectivity index (χ0n) is 25.1. The van der Waals surface area contributed by atoms with E-state index in [2.05, 4.69) is 0 Å². The number of nitro groups is 2. The van der Waals surface area contributed by atoms with Crippen molar-refractivity contribution >= 4 is 17.5 Å². The highest BCUT2D eigenvalue weighted by Crippen LogP contribution is 2.62. The maximum absolute atomic E-state index is 13.3. The largest absolute Gasteiger partial charge is 0.519 e. The van der Waals surface area contributed by atoms with Crippen molar-refractivity contribution in [1.29, 1.82) is 0 Å². The number of non-ortho nitro benzene ring substituents is 2. The van der Waals surface area contributed by atoms with Gasteiger partial charge in [-0.3, -0.25) is 20.2 Å². The molecule has 0 unspecified atom stereocenters. The summed E-state index contributed by atoms with van der Waals surface area (Å²) < 4.78 is 11.6. The molecule has 44 heavy (non-hydrogen) atoms. The van der Waals surface area contributed by atoms with Gasteiger partial charge in [-0.05, 0) is 148 Å². The maximum Gasteiger partial charge on any atom is 0.519 e. The Labute approximate surface area is 257 Å². The van der Waals surface area contributed by atoms with Crippen molar-refractivity contribution in [2.75, 3.05) is 0 Å². The summed E-state index contributed by atoms with van der Waals surface area (Å²) in [5, 5.41) is 23.4. The van der Waals surface area contributed by atoms with Crippen molar-refractivity contribution in [3.05, 3.63) is 67.8 Å². The number of hydrogen-bond acceptors (Lipinski definition) is 7. The summed E-state index contributed by atoms with van der Waals surface area (Å²) in [6.07, 6.45) is 14.9. The van der Waals surface area contributed by atoms with Gasteiger partial charge < -0.3 is 9.47 Å². The molecule has 0 heterocycles. The van der Waals surface area contributed by atoms with Gasteiger partial charge in [-0.15, -0.1) is 0 Å². The third-order valence-electron chi connectivity index (χ3n) is 12.4. The number of carbonyl (C=O) groups is 1. The summed E-state index contributed by atoms with van der Waals surface area (Å²) in [4.78, 5) is 35.9. The number of carbonyl (C=O) groups excluding carboxylic acids is 1. The third kappa shape index (κ3) is 5.16. The van der Waals surface area contributed by atoms with Crippen molar-refractivity contribution in [3.8, 4) is 11.5 Å². The monoisotopic (exact) mass is 600 g/mol. The molecule has 8 bridgehead atoms. The van der Waals surface area contributed by atoms with Crippen LogP contribution in [0.1, 0.15) is 88.2 Å². The first-order valence-electron chi connectivity index (χ1n) is 16.6. The van der Waals surface area contributed by atoms with Gasteiger partial charge in [-0.25, -0.2) is 4.79 Å². The standard InChI is InChI=1S/C35H40N2O7/c38-33(43-31-3-1-29(36(39)40)11-27(31)19-34-13-21-5-22(14-34)7-23(6-21)15-34)44-32-4-2-30(37(41)42)12-28(32)20-35-16-24-8-25(17-35)10-26(9-24)18-35/h1-4,11-12,21-26H,5-10,13-20H2. The van der Waals surface area contributed by atoms with Crippen LogP contribution in [0, 0.1) is 66.6 Å². The lowest BCUT2D eigenvalue weighted by Crippen LogP contribution is -2.47. The lowest BCUT2D eigenvalue weighted by Gasteiger charge is -2.57. The number of ether oxygens (including phenoxy) is 2. The van der Waals surface area contributed by atoms with Gasteiger partial charge in [-0.1, -0.05) is 0 Å². The second-order valence-corrected chi connectivity index (χ2v) is 15.7. The smallest absolute Gasteiger partial charge is 0.394 e. The summed E-state index contributed by atoms with van der Waals surface area (Å²) in [5.74, 6) is 4.94. The van der Waals surface area contributed by atoms with Crippen LogP contribution in [0.3, 0.4) is 0 Å². The van der Waals surface area contributed by atoms with Gasteiger partial charge in [0, 0.05) is 35.4 Å². The van der Waals surface area contributed by atoms with Crippen LogP contribution < -0.4 is 9.47 Å². The highest BCUT2D eigenvalue weighted by atomic mass is 16.7. The predicted octanol–water partition coefficient (Wildman–Crippen LogP) is 8.60. The van der Waals surface area contributed by atoms with Crippen LogP contribution in [0.5, 0.6) is 11.5 Å². The molecule has 9 heteroatoms. The molecule has 0 radical (unpaired) electrons. The van der Waals surface area contributed by atoms with Gasteiger partial charge in [0.15, 0.2) is 0 Å². The molecule has 0 aromatic heterocycles. The zero-order chi connectivity index (χ0) is 30.2. The number of benzene rings is 2. The molecule has 8 fully saturated rings. The van der Waals surface area contributed by atoms with Crippen LogP contribution in [-0.4, -0.2) is 16.0 Å². The zero-order valence-corrected chi connectivity index (χ0v) is 25.1. The summed E-state index contributed by atoms with van der Waals surface area (Å²) in [6.45, 7) is 0. The van der Waals surface area contributed by atoms with Gasteiger partial charge in [-0.2, -0.15) is 0 Å². The van der Waals surface area contributed by atoms with Gasteiger partial charge in [0.2, 0.25) is 0 Å². The Morgan fingerprint density at radius 2 is 0.932 bits per heavy atom. The van der Waals surface area contributed by atoms with Crippen LogP contribution >= 0.6 is 0 Å². The van der Waals surface area contributed by atoms with Crippen molar-refractivity contribution in [2.45, 2.75) is 89.9 Å². The van der Waals surface area contributed by atoms with E-state index in [1.54, 1.807) is 12.1 Å². The number of hydrogen-bond donors (Lipinski definition) is 0. The van der Waals surface area contributed by atoms with E-state index in [9.17, 15) is 25.0 Å². The Morgan fingerprint density at radius 1 is 0.614 bits per heavy atom. The van der Waals surface area contributed by atoms with E-state index in [1.807, 2.05) is 0 Å². The second kappa shape index (κ2) is 10.3. The molecular weight excluding hydrogens is 560 g/mol. The van der Waals surface area contributed by atoms with Gasteiger partial charge >= 0.3 is 6.16 Å². The fourth-order valence-corrected chi connectivity index (χ4v) is 11.9. The van der Waals surface area contributed by atoms with Crippen LogP contribution in [0.25, 0.3) is 0 Å². The van der Waals surface area contributed by atoms with Crippen LogP contribution in [0.4, 0.5) is 16.2 Å². The van der Waals surface area contributed by atoms with Gasteiger partial charge in [0.05, 0.1) is 9.85 Å². The molecular formula is C35H40N2O7. The van der Waals surface area contributed by atoms with Gasteiger partial charge in [0.25, 0.3) is 11.4 Å². The molecule has 9 nitrogen and oxygen atoms in total. The van der Waals surface area contributed by atoms with E-state index in [1.165, 1.54) is 62.8 Å². The number of nitro benzene ring substituents is 2. The summed E-state index contributed by atoms with van der Waals surface area (Å²) >= 11 is 0. The second-order valence-electron chi connectivity index (χ2n) is 15.7. The topological polar surface area (TPSA) is 122 Å². The number of rotatable bonds is 8. The molecule has 0 spiro atoms. The minimum atomic E-state index is -0.925. The quantitative estimate of drug-likeness (QED) is 0.129. The van der Waals surface area contributed by atoms with Crippen LogP contribution in [-0.2, 0) is 12.8 Å². The first-order valence-corrected chi connectivity index (χ1v) is 16.6. The Morgan fingerprint density at radius 3 is 1.23 bits per heavy atom. The Kier molecular flexibility index (Phi) is 6.54. The molecule has 0 N–H and O–H groups in total. The molecule has 8 aliphatic carbocycles. The molecule has 10 rings (SSSR count). The van der Waals surface area contributed by atoms with E-state index in [0.29, 0.717) is 35.5 Å². The molecule has 2 aromatic carbocycles. The minimum absolute atomic E-state index is 0.0151. The predicted molar refractivity (Wildman–Crippen MR) is 161 cm³/mol. The summed E-state index contributed by atoms with van der Waals surface area (Å²) in [7, 11) is 0. The van der Waals surface area contributed by atoms with E-state index < -0.39 is 16.0 Å². The average Bonchev–Trinajstić information content (AvgIpc) is 2.93. The first-order chi connectivity index (χ1) is 21.1. The normalized spacial score (nSPS) is 35.9. The third-order valence-corrected chi connectivity index (χ3v) is 12.4.